The number of carbonyl (C=O) groups excluding carboxylic acids is 1. The Morgan fingerprint density at radius 1 is 0.919 bits per heavy atom. The highest BCUT2D eigenvalue weighted by molar-refractivity contribution is 5.89. The summed E-state index contributed by atoms with van der Waals surface area (Å²) in [6, 6.07) is 19.3. The van der Waals surface area contributed by atoms with Crippen LogP contribution in [-0.2, 0) is 10.2 Å². The summed E-state index contributed by atoms with van der Waals surface area (Å²) >= 11 is 0. The monoisotopic (exact) mass is 498 g/mol. The van der Waals surface area contributed by atoms with Gasteiger partial charge in [0, 0.05) is 37.2 Å². The summed E-state index contributed by atoms with van der Waals surface area (Å²) in [7, 11) is 0. The minimum Gasteiger partial charge on any atom is -0.507 e. The van der Waals surface area contributed by atoms with Crippen LogP contribution < -0.4 is 16.0 Å². The van der Waals surface area contributed by atoms with Gasteiger partial charge in [-0.3, -0.25) is 4.79 Å². The first-order valence-corrected chi connectivity index (χ1v) is 13.2. The minimum atomic E-state index is -0.540. The third-order valence-electron chi connectivity index (χ3n) is 8.68. The van der Waals surface area contributed by atoms with Gasteiger partial charge in [0.05, 0.1) is 16.8 Å². The molecule has 0 saturated carbocycles. The van der Waals surface area contributed by atoms with Crippen molar-refractivity contribution < 1.29 is 9.90 Å². The number of phenols is 1. The van der Waals surface area contributed by atoms with Gasteiger partial charge in [-0.05, 0) is 62.5 Å². The summed E-state index contributed by atoms with van der Waals surface area (Å²) in [5, 5.41) is 22.2. The lowest BCUT2D eigenvalue weighted by Gasteiger charge is -2.55. The Balaban J connectivity index is 1.25. The molecule has 3 aliphatic rings. The van der Waals surface area contributed by atoms with E-state index < -0.39 is 5.41 Å². The number of likely N-dealkylation sites (tertiary alicyclic amines) is 1. The maximum absolute atomic E-state index is 14.1. The minimum absolute atomic E-state index is 0.154. The maximum Gasteiger partial charge on any atom is 0.233 e. The Morgan fingerprint density at radius 2 is 1.59 bits per heavy atom. The van der Waals surface area contributed by atoms with Crippen LogP contribution in [-0.4, -0.2) is 65.4 Å². The molecular weight excluding hydrogens is 464 g/mol. The smallest absolute Gasteiger partial charge is 0.233 e. The zero-order valence-corrected chi connectivity index (χ0v) is 21.1. The molecule has 3 aliphatic heterocycles. The van der Waals surface area contributed by atoms with Crippen LogP contribution in [0.25, 0.3) is 11.3 Å². The van der Waals surface area contributed by atoms with Gasteiger partial charge < -0.3 is 26.0 Å². The molecule has 3 aromatic rings. The number of hydrogen-bond acceptors (Lipinski definition) is 7. The van der Waals surface area contributed by atoms with E-state index in [1.165, 1.54) is 0 Å². The first kappa shape index (κ1) is 23.7. The third-order valence-corrected chi connectivity index (χ3v) is 8.68. The van der Waals surface area contributed by atoms with Crippen LogP contribution in [0.15, 0.2) is 60.7 Å². The number of phenolic OH excluding ortho intramolecular Hbond substituents is 1. The molecule has 3 saturated heterocycles. The molecule has 8 nitrogen and oxygen atoms in total. The van der Waals surface area contributed by atoms with Crippen LogP contribution in [0.5, 0.6) is 5.75 Å². The largest absolute Gasteiger partial charge is 0.507 e. The van der Waals surface area contributed by atoms with Crippen molar-refractivity contribution in [3.63, 3.8) is 0 Å². The van der Waals surface area contributed by atoms with Gasteiger partial charge in [-0.25, -0.2) is 0 Å². The molecule has 0 atom stereocenters. The number of benzene rings is 2. The van der Waals surface area contributed by atoms with E-state index in [1.807, 2.05) is 36.4 Å². The summed E-state index contributed by atoms with van der Waals surface area (Å²) in [6.45, 7) is 5.20. The zero-order valence-electron chi connectivity index (χ0n) is 21.1. The molecule has 4 N–H and O–H groups in total. The number of aromatic nitrogens is 2. The Hall–Kier alpha value is -3.65. The van der Waals surface area contributed by atoms with Crippen LogP contribution in [0.4, 0.5) is 11.5 Å². The number of nitrogens with zero attached hydrogens (tertiary/aromatic N) is 4. The van der Waals surface area contributed by atoms with Gasteiger partial charge in [0.1, 0.15) is 5.75 Å². The van der Waals surface area contributed by atoms with Crippen molar-refractivity contribution >= 4 is 17.4 Å². The fourth-order valence-corrected chi connectivity index (χ4v) is 6.46. The molecule has 4 heterocycles. The van der Waals surface area contributed by atoms with E-state index in [0.29, 0.717) is 48.4 Å². The number of carbonyl (C=O) groups is 1. The topological polar surface area (TPSA) is 108 Å². The SMILES string of the molecule is Nc1nnc(-c2ccccc2O)cc1N1CCC(C(=O)N2CC3(CCNCC3)C2)(c2ccccc2)CC1. The van der Waals surface area contributed by atoms with Gasteiger partial charge in [-0.2, -0.15) is 0 Å². The Morgan fingerprint density at radius 3 is 2.30 bits per heavy atom. The van der Waals surface area contributed by atoms with Gasteiger partial charge in [-0.1, -0.05) is 42.5 Å². The standard InChI is InChI=1S/C29H34N6O2/c30-26-24(18-23(32-33-26)22-8-4-5-9-25(22)36)34-16-12-29(13-17-34,21-6-2-1-3-7-21)27(37)35-19-28(20-35)10-14-31-15-11-28/h1-9,18,31,36H,10-17,19-20H2,(H2,30,33). The summed E-state index contributed by atoms with van der Waals surface area (Å²) in [5.41, 5.74) is 9.12. The second-order valence-electron chi connectivity index (χ2n) is 10.9. The molecule has 192 valence electrons. The highest BCUT2D eigenvalue weighted by atomic mass is 16.3. The second-order valence-corrected chi connectivity index (χ2v) is 10.9. The van der Waals surface area contributed by atoms with Gasteiger partial charge in [0.2, 0.25) is 5.91 Å². The molecule has 2 aromatic carbocycles. The van der Waals surface area contributed by atoms with Crippen molar-refractivity contribution in [1.29, 1.82) is 0 Å². The van der Waals surface area contributed by atoms with Crippen LogP contribution in [0.3, 0.4) is 0 Å². The number of anilines is 2. The molecule has 6 rings (SSSR count). The maximum atomic E-state index is 14.1. The predicted octanol–water partition coefficient (Wildman–Crippen LogP) is 3.18. The molecule has 37 heavy (non-hydrogen) atoms. The molecule has 1 spiro atoms. The van der Waals surface area contributed by atoms with Crippen LogP contribution in [0, 0.1) is 5.41 Å². The molecule has 1 amide bonds. The number of aromatic hydroxyl groups is 1. The van der Waals surface area contributed by atoms with Gasteiger partial charge in [-0.15, -0.1) is 10.2 Å². The normalized spacial score (nSPS) is 20.4. The number of para-hydroxylation sites is 1. The summed E-state index contributed by atoms with van der Waals surface area (Å²) < 4.78 is 0. The number of nitrogen functional groups attached to an aromatic ring is 1. The van der Waals surface area contributed by atoms with E-state index in [1.54, 1.807) is 12.1 Å². The van der Waals surface area contributed by atoms with Crippen LogP contribution in [0.1, 0.15) is 31.2 Å². The Bertz CT molecular complexity index is 1270. The summed E-state index contributed by atoms with van der Waals surface area (Å²) in [6.07, 6.45) is 3.70. The predicted molar refractivity (Wildman–Crippen MR) is 144 cm³/mol. The van der Waals surface area contributed by atoms with Crippen molar-refractivity contribution in [1.82, 2.24) is 20.4 Å². The first-order chi connectivity index (χ1) is 18.0. The fourth-order valence-electron chi connectivity index (χ4n) is 6.46. The quantitative estimate of drug-likeness (QED) is 0.507. The average Bonchev–Trinajstić information content (AvgIpc) is 2.93. The highest BCUT2D eigenvalue weighted by Gasteiger charge is 2.52. The molecule has 1 aromatic heterocycles. The number of piperidine rings is 2. The Kier molecular flexibility index (Phi) is 5.99. The van der Waals surface area contributed by atoms with Gasteiger partial charge >= 0.3 is 0 Å². The van der Waals surface area contributed by atoms with Crippen molar-refractivity contribution in [2.24, 2.45) is 5.41 Å². The van der Waals surface area contributed by atoms with Gasteiger partial charge in [0.15, 0.2) is 5.82 Å². The van der Waals surface area contributed by atoms with Crippen LogP contribution >= 0.6 is 0 Å². The molecule has 3 fully saturated rings. The van der Waals surface area contributed by atoms with Crippen LogP contribution in [0.2, 0.25) is 0 Å². The van der Waals surface area contributed by atoms with Crippen molar-refractivity contribution in [2.45, 2.75) is 31.1 Å². The van der Waals surface area contributed by atoms with E-state index >= 15 is 0 Å². The van der Waals surface area contributed by atoms with Crippen molar-refractivity contribution in [3.05, 3.63) is 66.2 Å². The summed E-state index contributed by atoms with van der Waals surface area (Å²) in [5.74, 6) is 0.771. The summed E-state index contributed by atoms with van der Waals surface area (Å²) in [4.78, 5) is 18.4. The lowest BCUT2D eigenvalue weighted by atomic mass is 9.67. The fraction of sp³-hybridized carbons (Fsp3) is 0.414. The van der Waals surface area contributed by atoms with Gasteiger partial charge in [0.25, 0.3) is 0 Å². The van der Waals surface area contributed by atoms with E-state index in [4.69, 9.17) is 5.73 Å². The molecule has 8 heteroatoms. The zero-order chi connectivity index (χ0) is 25.5. The average molecular weight is 499 g/mol. The first-order valence-electron chi connectivity index (χ1n) is 13.2. The van der Waals surface area contributed by atoms with E-state index in [9.17, 15) is 9.90 Å². The number of rotatable bonds is 4. The number of hydrogen-bond donors (Lipinski definition) is 3. The van der Waals surface area contributed by atoms with E-state index in [-0.39, 0.29) is 11.7 Å². The van der Waals surface area contributed by atoms with Crippen molar-refractivity contribution in [2.75, 3.05) is 49.9 Å². The molecular formula is C29H34N6O2. The Labute approximate surface area is 217 Å². The van der Waals surface area contributed by atoms with Crippen molar-refractivity contribution in [3.8, 4) is 17.0 Å². The lowest BCUT2D eigenvalue weighted by molar-refractivity contribution is -0.152. The molecule has 0 radical (unpaired) electrons. The molecule has 0 bridgehead atoms. The van der Waals surface area contributed by atoms with E-state index in [0.717, 1.165) is 50.3 Å². The molecule has 0 aliphatic carbocycles. The number of nitrogens with one attached hydrogen (secondary N) is 1. The number of amides is 1. The van der Waals surface area contributed by atoms with E-state index in [2.05, 4.69) is 37.4 Å². The highest BCUT2D eigenvalue weighted by Crippen LogP contribution is 2.45. The molecule has 0 unspecified atom stereocenters. The number of nitrogens with two attached hydrogens (primary N) is 1. The lowest BCUT2D eigenvalue weighted by Crippen LogP contribution is -2.65. The third kappa shape index (κ3) is 4.19. The second kappa shape index (κ2) is 9.34.